The SMILES string of the molecule is CC(C)=C/C=C(/C)C(=O)N(COCC[Si](C)(C)C)c1ccccc1I. The van der Waals surface area contributed by atoms with Gasteiger partial charge in [-0.1, -0.05) is 49.5 Å². The van der Waals surface area contributed by atoms with Gasteiger partial charge in [-0.3, -0.25) is 9.69 Å². The van der Waals surface area contributed by atoms with Crippen LogP contribution in [0.5, 0.6) is 0 Å². The van der Waals surface area contributed by atoms with E-state index in [0.717, 1.165) is 15.3 Å². The first-order valence-electron chi connectivity index (χ1n) is 8.58. The molecule has 0 bridgehead atoms. The van der Waals surface area contributed by atoms with Gasteiger partial charge in [-0.2, -0.15) is 0 Å². The topological polar surface area (TPSA) is 29.5 Å². The zero-order valence-electron chi connectivity index (χ0n) is 16.2. The summed E-state index contributed by atoms with van der Waals surface area (Å²) in [6.07, 6.45) is 3.84. The number of hydrogen-bond acceptors (Lipinski definition) is 2. The molecule has 0 aliphatic rings. The maximum absolute atomic E-state index is 13.0. The third-order valence-corrected chi connectivity index (χ3v) is 6.23. The lowest BCUT2D eigenvalue weighted by Crippen LogP contribution is -2.35. The third kappa shape index (κ3) is 8.33. The Hall–Kier alpha value is -0.923. The number of halogens is 1. The fourth-order valence-electron chi connectivity index (χ4n) is 2.02. The van der Waals surface area contributed by atoms with Gasteiger partial charge in [0.25, 0.3) is 5.91 Å². The number of amides is 1. The summed E-state index contributed by atoms with van der Waals surface area (Å²) in [5.41, 5.74) is 2.76. The van der Waals surface area contributed by atoms with Gasteiger partial charge in [0.2, 0.25) is 0 Å². The van der Waals surface area contributed by atoms with Crippen molar-refractivity contribution in [3.63, 3.8) is 0 Å². The van der Waals surface area contributed by atoms with Crippen LogP contribution in [0.15, 0.2) is 47.6 Å². The first-order valence-corrected chi connectivity index (χ1v) is 13.4. The molecule has 0 unspecified atom stereocenters. The zero-order chi connectivity index (χ0) is 19.0. The van der Waals surface area contributed by atoms with Crippen molar-refractivity contribution >= 4 is 42.3 Å². The van der Waals surface area contributed by atoms with Crippen LogP contribution >= 0.6 is 22.6 Å². The molecular weight excluding hydrogens is 441 g/mol. The Balaban J connectivity index is 2.96. The first-order chi connectivity index (χ1) is 11.6. The largest absolute Gasteiger partial charge is 0.361 e. The Labute approximate surface area is 167 Å². The van der Waals surface area contributed by atoms with Crippen LogP contribution in [0, 0.1) is 3.57 Å². The highest BCUT2D eigenvalue weighted by Crippen LogP contribution is 2.24. The molecule has 0 aliphatic carbocycles. The van der Waals surface area contributed by atoms with Gasteiger partial charge in [0, 0.05) is 23.8 Å². The first kappa shape index (κ1) is 22.1. The average molecular weight is 471 g/mol. The summed E-state index contributed by atoms with van der Waals surface area (Å²) >= 11 is 2.26. The minimum absolute atomic E-state index is 0.0189. The van der Waals surface area contributed by atoms with Crippen molar-refractivity contribution in [1.82, 2.24) is 0 Å². The molecule has 138 valence electrons. The predicted molar refractivity (Wildman–Crippen MR) is 119 cm³/mol. The number of nitrogens with zero attached hydrogens (tertiary/aromatic N) is 1. The lowest BCUT2D eigenvalue weighted by molar-refractivity contribution is -0.116. The molecular formula is C20H30INO2Si. The predicted octanol–water partition coefficient (Wildman–Crippen LogP) is 5.85. The molecule has 1 aromatic rings. The number of rotatable bonds is 8. The summed E-state index contributed by atoms with van der Waals surface area (Å²) in [5, 5.41) is 0. The Morgan fingerprint density at radius 1 is 1.16 bits per heavy atom. The summed E-state index contributed by atoms with van der Waals surface area (Å²) in [6, 6.07) is 9.00. The normalized spacial score (nSPS) is 12.0. The fourth-order valence-corrected chi connectivity index (χ4v) is 3.45. The standard InChI is InChI=1S/C20H30INO2Si/c1-16(2)11-12-17(3)20(23)22(15-24-13-14-25(4,5)6)19-10-8-7-9-18(19)21/h7-12H,13-15H2,1-6H3/b17-12-. The minimum Gasteiger partial charge on any atom is -0.361 e. The van der Waals surface area contributed by atoms with Crippen LogP contribution in [0.1, 0.15) is 20.8 Å². The van der Waals surface area contributed by atoms with E-state index in [2.05, 4.69) is 42.2 Å². The number of hydrogen-bond donors (Lipinski definition) is 0. The van der Waals surface area contributed by atoms with Gasteiger partial charge in [0.1, 0.15) is 6.73 Å². The van der Waals surface area contributed by atoms with Crippen molar-refractivity contribution in [2.24, 2.45) is 0 Å². The molecule has 0 aliphatic heterocycles. The maximum Gasteiger partial charge on any atom is 0.255 e. The number of para-hydroxylation sites is 1. The molecule has 5 heteroatoms. The lowest BCUT2D eigenvalue weighted by Gasteiger charge is -2.25. The minimum atomic E-state index is -1.14. The Morgan fingerprint density at radius 2 is 1.80 bits per heavy atom. The van der Waals surface area contributed by atoms with Crippen LogP contribution in [0.25, 0.3) is 0 Å². The van der Waals surface area contributed by atoms with Crippen molar-refractivity contribution in [1.29, 1.82) is 0 Å². The van der Waals surface area contributed by atoms with Crippen molar-refractivity contribution in [3.05, 3.63) is 51.1 Å². The summed E-state index contributed by atoms with van der Waals surface area (Å²) in [5.74, 6) is -0.0189. The highest BCUT2D eigenvalue weighted by atomic mass is 127. The van der Waals surface area contributed by atoms with E-state index in [0.29, 0.717) is 12.2 Å². The number of benzene rings is 1. The molecule has 0 atom stereocenters. The molecule has 0 aromatic heterocycles. The van der Waals surface area contributed by atoms with Gasteiger partial charge in [0.05, 0.1) is 5.69 Å². The van der Waals surface area contributed by atoms with Gasteiger partial charge in [0.15, 0.2) is 0 Å². The summed E-state index contributed by atoms with van der Waals surface area (Å²) in [6.45, 7) is 13.8. The molecule has 3 nitrogen and oxygen atoms in total. The van der Waals surface area contributed by atoms with E-state index in [1.165, 1.54) is 5.57 Å². The van der Waals surface area contributed by atoms with E-state index in [4.69, 9.17) is 4.74 Å². The molecule has 0 saturated heterocycles. The molecule has 0 radical (unpaired) electrons. The maximum atomic E-state index is 13.0. The second-order valence-electron chi connectivity index (χ2n) is 7.63. The lowest BCUT2D eigenvalue weighted by atomic mass is 10.2. The molecule has 25 heavy (non-hydrogen) atoms. The smallest absolute Gasteiger partial charge is 0.255 e. The highest BCUT2D eigenvalue weighted by molar-refractivity contribution is 14.1. The number of anilines is 1. The number of carbonyl (C=O) groups is 1. The molecule has 0 saturated carbocycles. The van der Waals surface area contributed by atoms with E-state index in [9.17, 15) is 4.79 Å². The summed E-state index contributed by atoms with van der Waals surface area (Å²) < 4.78 is 6.91. The van der Waals surface area contributed by atoms with Gasteiger partial charge in [-0.05, 0) is 61.5 Å². The van der Waals surface area contributed by atoms with E-state index in [1.54, 1.807) is 4.90 Å². The molecule has 1 amide bonds. The Bertz CT molecular complexity index is 643. The molecule has 0 spiro atoms. The second-order valence-corrected chi connectivity index (χ2v) is 14.4. The third-order valence-electron chi connectivity index (χ3n) is 3.61. The fraction of sp³-hybridized carbons (Fsp3) is 0.450. The van der Waals surface area contributed by atoms with Gasteiger partial charge >= 0.3 is 0 Å². The Morgan fingerprint density at radius 3 is 2.36 bits per heavy atom. The highest BCUT2D eigenvalue weighted by Gasteiger charge is 2.20. The quantitative estimate of drug-likeness (QED) is 0.119. The molecule has 1 aromatic carbocycles. The van der Waals surface area contributed by atoms with Crippen LogP contribution in [0.3, 0.4) is 0 Å². The summed E-state index contributed by atoms with van der Waals surface area (Å²) in [7, 11) is -1.14. The average Bonchev–Trinajstić information content (AvgIpc) is 2.52. The monoisotopic (exact) mass is 471 g/mol. The van der Waals surface area contributed by atoms with E-state index in [1.807, 2.05) is 57.2 Å². The van der Waals surface area contributed by atoms with Crippen LogP contribution in [-0.2, 0) is 9.53 Å². The van der Waals surface area contributed by atoms with Gasteiger partial charge in [-0.15, -0.1) is 0 Å². The van der Waals surface area contributed by atoms with E-state index < -0.39 is 8.07 Å². The molecule has 0 fully saturated rings. The number of carbonyl (C=O) groups excluding carboxylic acids is 1. The Kier molecular flexibility index (Phi) is 9.10. The van der Waals surface area contributed by atoms with E-state index >= 15 is 0 Å². The van der Waals surface area contributed by atoms with Crippen molar-refractivity contribution in [2.75, 3.05) is 18.2 Å². The van der Waals surface area contributed by atoms with Crippen molar-refractivity contribution in [2.45, 2.75) is 46.5 Å². The zero-order valence-corrected chi connectivity index (χ0v) is 19.4. The van der Waals surface area contributed by atoms with Crippen molar-refractivity contribution < 1.29 is 9.53 Å². The van der Waals surface area contributed by atoms with Crippen LogP contribution in [0.4, 0.5) is 5.69 Å². The van der Waals surface area contributed by atoms with Crippen LogP contribution < -0.4 is 4.90 Å². The number of ether oxygens (including phenoxy) is 1. The van der Waals surface area contributed by atoms with Crippen molar-refractivity contribution in [3.8, 4) is 0 Å². The summed E-state index contributed by atoms with van der Waals surface area (Å²) in [4.78, 5) is 14.7. The van der Waals surface area contributed by atoms with Gasteiger partial charge < -0.3 is 4.74 Å². The van der Waals surface area contributed by atoms with E-state index in [-0.39, 0.29) is 12.6 Å². The molecule has 0 heterocycles. The number of allylic oxidation sites excluding steroid dienone is 3. The van der Waals surface area contributed by atoms with Crippen LogP contribution in [0.2, 0.25) is 25.7 Å². The molecule has 0 N–H and O–H groups in total. The van der Waals surface area contributed by atoms with Crippen LogP contribution in [-0.4, -0.2) is 27.3 Å². The second kappa shape index (κ2) is 10.3. The molecule has 1 rings (SSSR count). The van der Waals surface area contributed by atoms with Gasteiger partial charge in [-0.25, -0.2) is 0 Å².